The quantitative estimate of drug-likeness (QED) is 0.690. The topological polar surface area (TPSA) is 26.3 Å². The number of hydrogen-bond donors (Lipinski definition) is 0. The zero-order valence-electron chi connectivity index (χ0n) is 8.04. The van der Waals surface area contributed by atoms with Crippen LogP contribution in [0.25, 0.3) is 5.57 Å². The van der Waals surface area contributed by atoms with E-state index in [1.54, 1.807) is 0 Å². The maximum absolute atomic E-state index is 12.4. The largest absolute Gasteiger partial charge is 0.458 e. The molecule has 1 aromatic carbocycles. The van der Waals surface area contributed by atoms with Crippen LogP contribution >= 0.6 is 0 Å². The number of cyclic esters (lactones) is 1. The van der Waals surface area contributed by atoms with Crippen LogP contribution in [0.2, 0.25) is 0 Å². The van der Waals surface area contributed by atoms with E-state index in [1.165, 1.54) is 18.2 Å². The van der Waals surface area contributed by atoms with Gasteiger partial charge in [-0.2, -0.15) is 13.2 Å². The summed E-state index contributed by atoms with van der Waals surface area (Å²) >= 11 is 0. The van der Waals surface area contributed by atoms with Crippen LogP contribution in [0.15, 0.2) is 30.3 Å². The van der Waals surface area contributed by atoms with Crippen LogP contribution in [0.3, 0.4) is 0 Å². The molecule has 0 aromatic heterocycles. The Morgan fingerprint density at radius 2 is 2.00 bits per heavy atom. The minimum atomic E-state index is -4.37. The van der Waals surface area contributed by atoms with Gasteiger partial charge in [0.1, 0.15) is 6.61 Å². The highest BCUT2D eigenvalue weighted by molar-refractivity contribution is 5.95. The van der Waals surface area contributed by atoms with Crippen molar-refractivity contribution in [1.82, 2.24) is 0 Å². The Balaban J connectivity index is 2.37. The maximum Gasteiger partial charge on any atom is 0.416 e. The van der Waals surface area contributed by atoms with Gasteiger partial charge < -0.3 is 4.74 Å². The third-order valence-corrected chi connectivity index (χ3v) is 2.22. The van der Waals surface area contributed by atoms with Gasteiger partial charge in [0.05, 0.1) is 5.56 Å². The van der Waals surface area contributed by atoms with Crippen LogP contribution in [0, 0.1) is 0 Å². The summed E-state index contributed by atoms with van der Waals surface area (Å²) in [4.78, 5) is 10.8. The molecule has 0 aliphatic carbocycles. The molecule has 5 heteroatoms. The van der Waals surface area contributed by atoms with Gasteiger partial charge in [-0.05, 0) is 17.7 Å². The first-order chi connectivity index (χ1) is 7.47. The monoisotopic (exact) mass is 228 g/mol. The number of carbonyl (C=O) groups excluding carboxylic acids is 1. The number of rotatable bonds is 1. The first-order valence-electron chi connectivity index (χ1n) is 4.52. The van der Waals surface area contributed by atoms with Crippen molar-refractivity contribution in [2.75, 3.05) is 6.61 Å². The van der Waals surface area contributed by atoms with Crippen molar-refractivity contribution in [2.24, 2.45) is 0 Å². The molecule has 1 heterocycles. The molecule has 1 aromatic rings. The average molecular weight is 228 g/mol. The summed E-state index contributed by atoms with van der Waals surface area (Å²) in [6.07, 6.45) is -3.17. The van der Waals surface area contributed by atoms with Crippen LogP contribution in [-0.2, 0) is 15.7 Å². The van der Waals surface area contributed by atoms with E-state index in [0.717, 1.165) is 12.1 Å². The smallest absolute Gasteiger partial charge is 0.416 e. The molecule has 2 rings (SSSR count). The van der Waals surface area contributed by atoms with E-state index in [9.17, 15) is 18.0 Å². The van der Waals surface area contributed by atoms with E-state index < -0.39 is 17.7 Å². The molecule has 16 heavy (non-hydrogen) atoms. The van der Waals surface area contributed by atoms with Gasteiger partial charge in [0.2, 0.25) is 0 Å². The fraction of sp³-hybridized carbons (Fsp3) is 0.182. The number of benzene rings is 1. The number of hydrogen-bond acceptors (Lipinski definition) is 2. The summed E-state index contributed by atoms with van der Waals surface area (Å²) in [6.45, 7) is 0.0279. The Morgan fingerprint density at radius 3 is 2.56 bits per heavy atom. The highest BCUT2D eigenvalue weighted by Crippen LogP contribution is 2.31. The molecule has 0 bridgehead atoms. The van der Waals surface area contributed by atoms with E-state index in [1.807, 2.05) is 0 Å². The minimum Gasteiger partial charge on any atom is -0.458 e. The van der Waals surface area contributed by atoms with E-state index in [0.29, 0.717) is 11.1 Å². The molecular formula is C11H7F3O2. The van der Waals surface area contributed by atoms with Crippen molar-refractivity contribution in [3.8, 4) is 0 Å². The van der Waals surface area contributed by atoms with Crippen LogP contribution in [-0.4, -0.2) is 12.6 Å². The fourth-order valence-corrected chi connectivity index (χ4v) is 1.44. The third kappa shape index (κ3) is 2.08. The van der Waals surface area contributed by atoms with Crippen molar-refractivity contribution < 1.29 is 22.7 Å². The Bertz CT molecular complexity index is 461. The summed E-state index contributed by atoms with van der Waals surface area (Å²) in [5.74, 6) is -0.521. The highest BCUT2D eigenvalue weighted by Gasteiger charge is 2.30. The van der Waals surface area contributed by atoms with Gasteiger partial charge in [-0.15, -0.1) is 0 Å². The lowest BCUT2D eigenvalue weighted by molar-refractivity contribution is -0.137. The summed E-state index contributed by atoms with van der Waals surface area (Å²) in [5, 5.41) is 0. The molecular weight excluding hydrogens is 221 g/mol. The van der Waals surface area contributed by atoms with Crippen LogP contribution in [0.4, 0.5) is 13.2 Å². The van der Waals surface area contributed by atoms with Crippen molar-refractivity contribution >= 4 is 11.5 Å². The summed E-state index contributed by atoms with van der Waals surface area (Å²) in [6, 6.07) is 4.82. The van der Waals surface area contributed by atoms with Gasteiger partial charge in [-0.1, -0.05) is 12.1 Å². The molecule has 0 saturated carbocycles. The fourth-order valence-electron chi connectivity index (χ4n) is 1.44. The second kappa shape index (κ2) is 3.66. The van der Waals surface area contributed by atoms with Crippen molar-refractivity contribution in [2.45, 2.75) is 6.18 Å². The second-order valence-corrected chi connectivity index (χ2v) is 3.36. The molecule has 2 nitrogen and oxygen atoms in total. The molecule has 0 spiro atoms. The molecule has 0 N–H and O–H groups in total. The van der Waals surface area contributed by atoms with Crippen LogP contribution in [0.5, 0.6) is 0 Å². The van der Waals surface area contributed by atoms with Crippen molar-refractivity contribution in [1.29, 1.82) is 0 Å². The van der Waals surface area contributed by atoms with Crippen LogP contribution in [0.1, 0.15) is 11.1 Å². The van der Waals surface area contributed by atoms with E-state index in [-0.39, 0.29) is 6.61 Å². The lowest BCUT2D eigenvalue weighted by Crippen LogP contribution is -2.05. The second-order valence-electron chi connectivity index (χ2n) is 3.36. The Labute approximate surface area is 89.3 Å². The average Bonchev–Trinajstić information content (AvgIpc) is 2.64. The Morgan fingerprint density at radius 1 is 1.25 bits per heavy atom. The van der Waals surface area contributed by atoms with E-state index in [2.05, 4.69) is 4.74 Å². The molecule has 0 unspecified atom stereocenters. The lowest BCUT2D eigenvalue weighted by atomic mass is 10.0. The maximum atomic E-state index is 12.4. The predicted octanol–water partition coefficient (Wildman–Crippen LogP) is 2.65. The normalized spacial score (nSPS) is 15.9. The summed E-state index contributed by atoms with van der Waals surface area (Å²) in [7, 11) is 0. The summed E-state index contributed by atoms with van der Waals surface area (Å²) in [5.41, 5.74) is 0.0991. The lowest BCUT2D eigenvalue weighted by Gasteiger charge is -2.08. The zero-order chi connectivity index (χ0) is 11.8. The molecule has 1 aliphatic rings. The first-order valence-corrected chi connectivity index (χ1v) is 4.52. The SMILES string of the molecule is O=C1C=C(c2cccc(C(F)(F)F)c2)CO1. The molecule has 1 aliphatic heterocycles. The number of ether oxygens (including phenoxy) is 1. The van der Waals surface area contributed by atoms with Crippen LogP contribution < -0.4 is 0 Å². The summed E-state index contributed by atoms with van der Waals surface area (Å²) < 4.78 is 41.9. The molecule has 0 amide bonds. The Kier molecular flexibility index (Phi) is 2.46. The molecule has 0 saturated heterocycles. The van der Waals surface area contributed by atoms with Gasteiger partial charge >= 0.3 is 12.1 Å². The number of esters is 1. The van der Waals surface area contributed by atoms with Gasteiger partial charge in [0.15, 0.2) is 0 Å². The molecule has 0 radical (unpaired) electrons. The van der Waals surface area contributed by atoms with E-state index >= 15 is 0 Å². The number of halogens is 3. The molecule has 0 atom stereocenters. The van der Waals surface area contributed by atoms with E-state index in [4.69, 9.17) is 0 Å². The Hall–Kier alpha value is -1.78. The molecule has 84 valence electrons. The first kappa shape index (κ1) is 10.7. The third-order valence-electron chi connectivity index (χ3n) is 2.22. The predicted molar refractivity (Wildman–Crippen MR) is 50.4 cm³/mol. The highest BCUT2D eigenvalue weighted by atomic mass is 19.4. The molecule has 0 fully saturated rings. The standard InChI is InChI=1S/C11H7F3O2/c12-11(13,14)9-3-1-2-7(4-9)8-5-10(15)16-6-8/h1-5H,6H2. The minimum absolute atomic E-state index is 0.0279. The van der Waals surface area contributed by atoms with Gasteiger partial charge in [0, 0.05) is 11.6 Å². The number of carbonyl (C=O) groups is 1. The van der Waals surface area contributed by atoms with Gasteiger partial charge in [-0.25, -0.2) is 4.79 Å². The van der Waals surface area contributed by atoms with Gasteiger partial charge in [0.25, 0.3) is 0 Å². The van der Waals surface area contributed by atoms with Crippen molar-refractivity contribution in [3.05, 3.63) is 41.5 Å². The van der Waals surface area contributed by atoms with Gasteiger partial charge in [-0.3, -0.25) is 0 Å². The number of alkyl halides is 3. The van der Waals surface area contributed by atoms with Crippen molar-refractivity contribution in [3.63, 3.8) is 0 Å². The zero-order valence-corrected chi connectivity index (χ0v) is 8.04.